The van der Waals surface area contributed by atoms with E-state index in [4.69, 9.17) is 18.9 Å². The maximum atomic E-state index is 12.9. The minimum Gasteiger partial charge on any atom is -0.462 e. The molecule has 228 valence electrons. The lowest BCUT2D eigenvalue weighted by Crippen LogP contribution is -2.83. The average Bonchev–Trinajstić information content (AvgIpc) is 2.91. The molecule has 4 bridgehead atoms. The fourth-order valence-electron chi connectivity index (χ4n) is 8.49. The second kappa shape index (κ2) is 10.3. The van der Waals surface area contributed by atoms with Gasteiger partial charge in [0.1, 0.15) is 23.9 Å². The third kappa shape index (κ3) is 4.52. The Morgan fingerprint density at radius 2 is 1.67 bits per heavy atom. The molecule has 9 nitrogen and oxygen atoms in total. The molecular weight excluding hydrogens is 540 g/mol. The molecule has 0 radical (unpaired) electrons. The number of rotatable bonds is 5. The fraction of sp³-hybridized carbons (Fsp3) is 0.606. The van der Waals surface area contributed by atoms with E-state index in [0.717, 1.165) is 5.56 Å². The number of hydrogen-bond acceptors (Lipinski definition) is 9. The molecule has 2 N–H and O–H groups in total. The van der Waals surface area contributed by atoms with Crippen LogP contribution >= 0.6 is 0 Å². The van der Waals surface area contributed by atoms with E-state index in [0.29, 0.717) is 18.4 Å². The molecule has 9 heteroatoms. The third-order valence-electron chi connectivity index (χ3n) is 10.8. The van der Waals surface area contributed by atoms with Crippen LogP contribution in [0.2, 0.25) is 0 Å². The molecule has 6 rings (SSSR count). The Morgan fingerprint density at radius 3 is 2.29 bits per heavy atom. The molecule has 10 atom stereocenters. The highest BCUT2D eigenvalue weighted by molar-refractivity contribution is 5.87. The highest BCUT2D eigenvalue weighted by Gasteiger charge is 2.78. The topological polar surface area (TPSA) is 129 Å². The standard InChI is InChI=1S/C33H42O9/c1-18-24(41-25(36)14-13-22-11-9-8-10-12-22)15-16-31(7)26(18)27(39-20(3)34)23-17-32(37)19(2)33(38,30(23,5)6)29(28(31)42-32)40-21(4)35/h8-14,19,23-24,26-29,37-38H,1,15-17H2,2-7H3/b14-13+/t19-,23-,24-,26-,27+,28-,29-,31+,32-,33-/m0/s1. The number of aliphatic hydroxyl groups is 2. The zero-order chi connectivity index (χ0) is 30.8. The molecule has 2 heterocycles. The van der Waals surface area contributed by atoms with E-state index in [1.807, 2.05) is 51.1 Å². The summed E-state index contributed by atoms with van der Waals surface area (Å²) < 4.78 is 24.4. The van der Waals surface area contributed by atoms with E-state index < -0.39 is 82.3 Å². The maximum absolute atomic E-state index is 12.9. The Bertz CT molecular complexity index is 1300. The molecule has 2 aliphatic heterocycles. The molecule has 0 unspecified atom stereocenters. The van der Waals surface area contributed by atoms with Gasteiger partial charge in [0.25, 0.3) is 0 Å². The second-order valence-electron chi connectivity index (χ2n) is 13.3. The third-order valence-corrected chi connectivity index (χ3v) is 10.8. The van der Waals surface area contributed by atoms with Gasteiger partial charge in [0.15, 0.2) is 11.9 Å². The van der Waals surface area contributed by atoms with Crippen molar-refractivity contribution < 1.29 is 43.5 Å². The molecule has 0 aromatic heterocycles. The van der Waals surface area contributed by atoms with Crippen LogP contribution in [0.4, 0.5) is 0 Å². The summed E-state index contributed by atoms with van der Waals surface area (Å²) in [6.45, 7) is 14.3. The molecule has 1 aromatic rings. The SMILES string of the molecule is C=C1[C@@H](OC(=O)/C=C/c2ccccc2)CC[C@@]2(C)[C@H]3O[C@@]4(O)C[C@@H]([C@@H](OC(C)=O)[C@H]12)C(C)(C)[C@](O)([C@H]4C)[C@H]3OC(C)=O. The van der Waals surface area contributed by atoms with Crippen LogP contribution in [0, 0.1) is 28.6 Å². The molecule has 5 fully saturated rings. The van der Waals surface area contributed by atoms with Gasteiger partial charge in [0.2, 0.25) is 0 Å². The first kappa shape index (κ1) is 30.4. The van der Waals surface area contributed by atoms with Crippen molar-refractivity contribution in [1.82, 2.24) is 0 Å². The summed E-state index contributed by atoms with van der Waals surface area (Å²) in [6.07, 6.45) is 0.300. The summed E-state index contributed by atoms with van der Waals surface area (Å²) >= 11 is 0. The lowest BCUT2D eigenvalue weighted by atomic mass is 9.42. The molecule has 0 amide bonds. The van der Waals surface area contributed by atoms with Gasteiger partial charge in [0.05, 0.1) is 0 Å². The largest absolute Gasteiger partial charge is 0.462 e. The van der Waals surface area contributed by atoms with Crippen molar-refractivity contribution in [3.8, 4) is 0 Å². The van der Waals surface area contributed by atoms with Gasteiger partial charge < -0.3 is 29.2 Å². The zero-order valence-electron chi connectivity index (χ0n) is 25.2. The number of ether oxygens (including phenoxy) is 4. The second-order valence-corrected chi connectivity index (χ2v) is 13.3. The Morgan fingerprint density at radius 1 is 1.02 bits per heavy atom. The van der Waals surface area contributed by atoms with Gasteiger partial charge in [-0.05, 0) is 30.1 Å². The number of carbonyl (C=O) groups is 3. The lowest BCUT2D eigenvalue weighted by molar-refractivity contribution is -0.437. The molecule has 2 saturated heterocycles. The van der Waals surface area contributed by atoms with Crippen molar-refractivity contribution in [2.24, 2.45) is 28.6 Å². The van der Waals surface area contributed by atoms with Gasteiger partial charge >= 0.3 is 17.9 Å². The van der Waals surface area contributed by atoms with Crippen molar-refractivity contribution in [3.63, 3.8) is 0 Å². The van der Waals surface area contributed by atoms with Crippen molar-refractivity contribution in [2.75, 3.05) is 0 Å². The monoisotopic (exact) mass is 582 g/mol. The van der Waals surface area contributed by atoms with Crippen molar-refractivity contribution in [3.05, 3.63) is 54.1 Å². The highest BCUT2D eigenvalue weighted by atomic mass is 16.7. The first-order valence-corrected chi connectivity index (χ1v) is 14.7. The van der Waals surface area contributed by atoms with E-state index in [1.165, 1.54) is 19.9 Å². The van der Waals surface area contributed by atoms with E-state index >= 15 is 0 Å². The minimum atomic E-state index is -1.75. The molecule has 3 aliphatic carbocycles. The van der Waals surface area contributed by atoms with E-state index in [-0.39, 0.29) is 6.42 Å². The minimum absolute atomic E-state index is 0.0782. The van der Waals surface area contributed by atoms with Crippen LogP contribution in [0.3, 0.4) is 0 Å². The van der Waals surface area contributed by atoms with E-state index in [1.54, 1.807) is 13.0 Å². The van der Waals surface area contributed by atoms with Crippen LogP contribution in [0.15, 0.2) is 48.6 Å². The fourth-order valence-corrected chi connectivity index (χ4v) is 8.49. The number of carbonyl (C=O) groups excluding carboxylic acids is 3. The molecule has 3 saturated carbocycles. The van der Waals surface area contributed by atoms with Crippen LogP contribution in [0.5, 0.6) is 0 Å². The van der Waals surface area contributed by atoms with Crippen molar-refractivity contribution in [2.45, 2.75) is 96.6 Å². The van der Waals surface area contributed by atoms with Crippen LogP contribution in [0.1, 0.15) is 66.4 Å². The molecule has 42 heavy (non-hydrogen) atoms. The number of esters is 3. The van der Waals surface area contributed by atoms with Crippen molar-refractivity contribution >= 4 is 24.0 Å². The Hall–Kier alpha value is -3.01. The first-order valence-electron chi connectivity index (χ1n) is 14.7. The van der Waals surface area contributed by atoms with Crippen molar-refractivity contribution in [1.29, 1.82) is 0 Å². The predicted octanol–water partition coefficient (Wildman–Crippen LogP) is 3.96. The summed E-state index contributed by atoms with van der Waals surface area (Å²) in [7, 11) is 0. The number of hydrogen-bond donors (Lipinski definition) is 2. The van der Waals surface area contributed by atoms with Crippen LogP contribution in [-0.4, -0.2) is 63.9 Å². The summed E-state index contributed by atoms with van der Waals surface area (Å²) in [5, 5.41) is 24.5. The van der Waals surface area contributed by atoms with Gasteiger partial charge in [0, 0.05) is 54.9 Å². The Balaban J connectivity index is 1.58. The van der Waals surface area contributed by atoms with Gasteiger partial charge in [-0.15, -0.1) is 0 Å². The zero-order valence-corrected chi connectivity index (χ0v) is 25.2. The van der Waals surface area contributed by atoms with E-state index in [9.17, 15) is 24.6 Å². The molecule has 5 aliphatic rings. The predicted molar refractivity (Wildman–Crippen MR) is 152 cm³/mol. The first-order chi connectivity index (χ1) is 19.6. The smallest absolute Gasteiger partial charge is 0.331 e. The summed E-state index contributed by atoms with van der Waals surface area (Å²) in [5.41, 5.74) is -2.23. The summed E-state index contributed by atoms with van der Waals surface area (Å²) in [6, 6.07) is 9.39. The lowest BCUT2D eigenvalue weighted by Gasteiger charge is -2.72. The molecule has 1 aromatic carbocycles. The summed E-state index contributed by atoms with van der Waals surface area (Å²) in [4.78, 5) is 38.0. The van der Waals surface area contributed by atoms with Gasteiger partial charge in [-0.25, -0.2) is 4.79 Å². The normalized spacial score (nSPS) is 41.9. The van der Waals surface area contributed by atoms with E-state index in [2.05, 4.69) is 6.58 Å². The highest BCUT2D eigenvalue weighted by Crippen LogP contribution is 2.68. The van der Waals surface area contributed by atoms with Crippen LogP contribution in [0.25, 0.3) is 6.08 Å². The number of benzene rings is 1. The molecular formula is C33H42O9. The van der Waals surface area contributed by atoms with Gasteiger partial charge in [-0.2, -0.15) is 0 Å². The van der Waals surface area contributed by atoms with Crippen LogP contribution in [-0.2, 0) is 33.3 Å². The van der Waals surface area contributed by atoms with Crippen LogP contribution < -0.4 is 0 Å². The van der Waals surface area contributed by atoms with Gasteiger partial charge in [-0.1, -0.05) is 64.6 Å². The van der Waals surface area contributed by atoms with Gasteiger partial charge in [-0.3, -0.25) is 9.59 Å². The molecule has 0 spiro atoms. The quantitative estimate of drug-likeness (QED) is 0.229. The Kier molecular flexibility index (Phi) is 7.48. The maximum Gasteiger partial charge on any atom is 0.331 e. The Labute approximate surface area is 246 Å². The average molecular weight is 583 g/mol. The summed E-state index contributed by atoms with van der Waals surface area (Å²) in [5.74, 6) is -5.42.